The number of nitrogens with zero attached hydrogens (tertiary/aromatic N) is 3. The number of hydrogen-bond acceptors (Lipinski definition) is 5. The first-order valence-corrected chi connectivity index (χ1v) is 10.4. The molecule has 0 saturated carbocycles. The van der Waals surface area contributed by atoms with Crippen LogP contribution < -0.4 is 4.74 Å². The van der Waals surface area contributed by atoms with Crippen LogP contribution in [-0.4, -0.2) is 31.3 Å². The summed E-state index contributed by atoms with van der Waals surface area (Å²) >= 11 is 1.34. The summed E-state index contributed by atoms with van der Waals surface area (Å²) in [6.07, 6.45) is 1.04. The molecule has 2 aromatic heterocycles. The fourth-order valence-electron chi connectivity index (χ4n) is 3.13. The lowest BCUT2D eigenvalue weighted by Crippen LogP contribution is -2.06. The van der Waals surface area contributed by atoms with Gasteiger partial charge in [-0.15, -0.1) is 5.10 Å². The number of carbonyl (C=O) groups excluding carboxylic acids is 1. The highest BCUT2D eigenvalue weighted by Gasteiger charge is 2.16. The first-order valence-electron chi connectivity index (χ1n) is 9.42. The topological polar surface area (TPSA) is 72.8 Å². The van der Waals surface area contributed by atoms with Crippen LogP contribution in [0.5, 0.6) is 5.75 Å². The monoisotopic (exact) mass is 398 g/mol. The van der Waals surface area contributed by atoms with Crippen LogP contribution in [-0.2, 0) is 13.2 Å². The molecule has 3 aromatic rings. The van der Waals surface area contributed by atoms with E-state index in [-0.39, 0.29) is 5.78 Å². The minimum absolute atomic E-state index is 0.1000. The highest BCUT2D eigenvalue weighted by molar-refractivity contribution is 7.99. The van der Waals surface area contributed by atoms with Crippen molar-refractivity contribution in [3.63, 3.8) is 0 Å². The Labute approximate surface area is 169 Å². The second-order valence-electron chi connectivity index (χ2n) is 6.77. The van der Waals surface area contributed by atoms with Crippen LogP contribution in [0.25, 0.3) is 0 Å². The van der Waals surface area contributed by atoms with Gasteiger partial charge in [-0.2, -0.15) is 0 Å². The number of aryl methyl sites for hydroxylation is 2. The molecular formula is C21H26N4O2S. The van der Waals surface area contributed by atoms with Gasteiger partial charge in [0.15, 0.2) is 11.6 Å². The molecule has 0 aliphatic rings. The van der Waals surface area contributed by atoms with Gasteiger partial charge < -0.3 is 9.30 Å². The summed E-state index contributed by atoms with van der Waals surface area (Å²) in [5.41, 5.74) is 4.02. The predicted molar refractivity (Wildman–Crippen MR) is 111 cm³/mol. The van der Waals surface area contributed by atoms with Gasteiger partial charge >= 0.3 is 0 Å². The van der Waals surface area contributed by atoms with Crippen LogP contribution in [0.15, 0.2) is 35.5 Å². The molecule has 3 rings (SSSR count). The van der Waals surface area contributed by atoms with Crippen molar-refractivity contribution in [2.45, 2.75) is 52.4 Å². The highest BCUT2D eigenvalue weighted by atomic mass is 32.2. The van der Waals surface area contributed by atoms with Gasteiger partial charge in [0.1, 0.15) is 12.4 Å². The molecule has 0 aliphatic heterocycles. The summed E-state index contributed by atoms with van der Waals surface area (Å²) in [6, 6.07) is 9.82. The molecule has 148 valence electrons. The number of aromatic amines is 1. The van der Waals surface area contributed by atoms with E-state index >= 15 is 0 Å². The number of Topliss-reactive ketones (excluding diaryl/α,β-unsaturated/α-hetero) is 1. The van der Waals surface area contributed by atoms with Crippen molar-refractivity contribution in [1.29, 1.82) is 0 Å². The summed E-state index contributed by atoms with van der Waals surface area (Å²) in [7, 11) is 0. The number of ether oxygens (including phenoxy) is 1. The number of thioether (sulfide) groups is 1. The first kappa shape index (κ1) is 20.2. The van der Waals surface area contributed by atoms with Crippen molar-refractivity contribution < 1.29 is 9.53 Å². The smallest absolute Gasteiger partial charge is 0.208 e. The van der Waals surface area contributed by atoms with E-state index in [9.17, 15) is 4.79 Å². The normalized spacial score (nSPS) is 11.0. The summed E-state index contributed by atoms with van der Waals surface area (Å²) in [4.78, 5) is 17.0. The van der Waals surface area contributed by atoms with Crippen molar-refractivity contribution >= 4 is 17.5 Å². The summed E-state index contributed by atoms with van der Waals surface area (Å²) in [6.45, 7) is 9.44. The van der Waals surface area contributed by atoms with E-state index in [1.54, 1.807) is 0 Å². The zero-order valence-corrected chi connectivity index (χ0v) is 17.6. The van der Waals surface area contributed by atoms with Gasteiger partial charge in [0, 0.05) is 23.5 Å². The largest absolute Gasteiger partial charge is 0.485 e. The Kier molecular flexibility index (Phi) is 6.57. The maximum Gasteiger partial charge on any atom is 0.208 e. The number of rotatable bonds is 9. The number of aromatic nitrogens is 4. The summed E-state index contributed by atoms with van der Waals surface area (Å²) in [5.74, 6) is 1.87. The van der Waals surface area contributed by atoms with Gasteiger partial charge in [0.05, 0.1) is 5.75 Å². The number of ketones is 1. The Bertz CT molecular complexity index is 961. The Morgan fingerprint density at radius 2 is 2.04 bits per heavy atom. The molecule has 1 N–H and O–H groups in total. The number of H-pyrrole nitrogens is 1. The van der Waals surface area contributed by atoms with Gasteiger partial charge in [-0.05, 0) is 44.9 Å². The molecule has 0 amide bonds. The molecule has 28 heavy (non-hydrogen) atoms. The van der Waals surface area contributed by atoms with Gasteiger partial charge in [0.2, 0.25) is 5.16 Å². The average molecular weight is 399 g/mol. The van der Waals surface area contributed by atoms with Crippen LogP contribution in [0.2, 0.25) is 0 Å². The highest BCUT2D eigenvalue weighted by Crippen LogP contribution is 2.21. The maximum atomic E-state index is 12.6. The molecule has 1 aromatic carbocycles. The molecule has 7 heteroatoms. The molecule has 0 bridgehead atoms. The second-order valence-corrected chi connectivity index (χ2v) is 7.71. The molecular weight excluding hydrogens is 372 g/mol. The van der Waals surface area contributed by atoms with Crippen LogP contribution in [0.4, 0.5) is 0 Å². The molecule has 0 atom stereocenters. The maximum absolute atomic E-state index is 12.6. The standard InChI is InChI=1S/C21H26N4O2S/c1-5-10-25-15(3)11-17(16(25)4)18(26)13-28-21-22-20(23-24-21)12-27-19-9-7-6-8-14(19)2/h6-9,11H,5,10,12-13H2,1-4H3,(H,22,23,24). The fourth-order valence-corrected chi connectivity index (χ4v) is 3.83. The van der Waals surface area contributed by atoms with Gasteiger partial charge in [-0.25, -0.2) is 4.98 Å². The van der Waals surface area contributed by atoms with Crippen molar-refractivity contribution in [1.82, 2.24) is 19.7 Å². The van der Waals surface area contributed by atoms with Crippen LogP contribution >= 0.6 is 11.8 Å². The van der Waals surface area contributed by atoms with Crippen molar-refractivity contribution in [3.05, 3.63) is 58.7 Å². The van der Waals surface area contributed by atoms with E-state index in [0.717, 1.165) is 41.2 Å². The zero-order chi connectivity index (χ0) is 20.1. The van der Waals surface area contributed by atoms with Crippen molar-refractivity contribution in [2.24, 2.45) is 0 Å². The Hall–Kier alpha value is -2.54. The number of hydrogen-bond donors (Lipinski definition) is 1. The van der Waals surface area contributed by atoms with E-state index < -0.39 is 0 Å². The van der Waals surface area contributed by atoms with E-state index in [4.69, 9.17) is 4.74 Å². The van der Waals surface area contributed by atoms with Crippen LogP contribution in [0.1, 0.15) is 46.5 Å². The number of carbonyl (C=O) groups is 1. The van der Waals surface area contributed by atoms with Crippen LogP contribution in [0.3, 0.4) is 0 Å². The van der Waals surface area contributed by atoms with Gasteiger partial charge in [0.25, 0.3) is 0 Å². The second kappa shape index (κ2) is 9.10. The Balaban J connectivity index is 1.56. The quantitative estimate of drug-likeness (QED) is 0.424. The van der Waals surface area contributed by atoms with Gasteiger partial charge in [-0.1, -0.05) is 36.9 Å². The fraction of sp³-hybridized carbons (Fsp3) is 0.381. The number of nitrogens with one attached hydrogen (secondary N) is 1. The zero-order valence-electron chi connectivity index (χ0n) is 16.8. The third kappa shape index (κ3) is 4.65. The van der Waals surface area contributed by atoms with E-state index in [1.807, 2.05) is 51.1 Å². The summed E-state index contributed by atoms with van der Waals surface area (Å²) in [5, 5.41) is 7.61. The number of benzene rings is 1. The minimum Gasteiger partial charge on any atom is -0.485 e. The lowest BCUT2D eigenvalue weighted by Gasteiger charge is -2.07. The van der Waals surface area contributed by atoms with Crippen LogP contribution in [0, 0.1) is 20.8 Å². The van der Waals surface area contributed by atoms with Gasteiger partial charge in [-0.3, -0.25) is 9.89 Å². The van der Waals surface area contributed by atoms with E-state index in [2.05, 4.69) is 26.7 Å². The Morgan fingerprint density at radius 1 is 1.25 bits per heavy atom. The molecule has 0 radical (unpaired) electrons. The molecule has 6 nitrogen and oxygen atoms in total. The minimum atomic E-state index is 0.1000. The molecule has 0 spiro atoms. The third-order valence-electron chi connectivity index (χ3n) is 4.62. The molecule has 0 unspecified atom stereocenters. The third-order valence-corrected chi connectivity index (χ3v) is 5.47. The molecule has 2 heterocycles. The van der Waals surface area contributed by atoms with E-state index in [0.29, 0.717) is 23.3 Å². The van der Waals surface area contributed by atoms with E-state index in [1.165, 1.54) is 11.8 Å². The average Bonchev–Trinajstić information content (AvgIpc) is 3.25. The lowest BCUT2D eigenvalue weighted by molar-refractivity contribution is 0.102. The summed E-state index contributed by atoms with van der Waals surface area (Å²) < 4.78 is 7.97. The van der Waals surface area contributed by atoms with Crippen molar-refractivity contribution in [2.75, 3.05) is 5.75 Å². The SMILES string of the molecule is CCCn1c(C)cc(C(=O)CSc2n[nH]c(COc3ccccc3C)n2)c1C. The molecule has 0 aliphatic carbocycles. The first-order chi connectivity index (χ1) is 13.5. The molecule has 0 saturated heterocycles. The Morgan fingerprint density at radius 3 is 2.79 bits per heavy atom. The lowest BCUT2D eigenvalue weighted by atomic mass is 10.2. The number of para-hydroxylation sites is 1. The molecule has 0 fully saturated rings. The predicted octanol–water partition coefficient (Wildman–Crippen LogP) is 4.50. The van der Waals surface area contributed by atoms with Crippen molar-refractivity contribution in [3.8, 4) is 5.75 Å².